The number of carbonyl (C=O) groups is 3. The van der Waals surface area contributed by atoms with Gasteiger partial charge in [0, 0.05) is 17.6 Å². The summed E-state index contributed by atoms with van der Waals surface area (Å²) >= 11 is -0.279. The Morgan fingerprint density at radius 3 is 2.43 bits per heavy atom. The van der Waals surface area contributed by atoms with E-state index in [4.69, 9.17) is 0 Å². The molecule has 2 heterocycles. The van der Waals surface area contributed by atoms with E-state index in [9.17, 15) is 27.6 Å². The van der Waals surface area contributed by atoms with Gasteiger partial charge >= 0.3 is 17.6 Å². The fraction of sp³-hybridized carbons (Fsp3) is 0.200. The number of aromatic nitrogens is 1. The Balaban J connectivity index is 1.45. The molecule has 1 aliphatic rings. The van der Waals surface area contributed by atoms with Gasteiger partial charge < -0.3 is 15.5 Å². The molecule has 8 nitrogen and oxygen atoms in total. The van der Waals surface area contributed by atoms with Crippen molar-refractivity contribution in [2.45, 2.75) is 36.5 Å². The Labute approximate surface area is 214 Å². The molecule has 3 aromatic rings. The molecule has 1 saturated heterocycles. The van der Waals surface area contributed by atoms with E-state index >= 15 is 0 Å². The van der Waals surface area contributed by atoms with E-state index in [1.54, 1.807) is 13.0 Å². The zero-order chi connectivity index (χ0) is 26.6. The van der Waals surface area contributed by atoms with Crippen molar-refractivity contribution >= 4 is 41.1 Å². The molecule has 1 unspecified atom stereocenters. The van der Waals surface area contributed by atoms with Crippen LogP contribution >= 0.6 is 11.8 Å². The van der Waals surface area contributed by atoms with Gasteiger partial charge in [0.25, 0.3) is 5.91 Å². The molecule has 5 amide bonds. The number of hydrogen-bond donors (Lipinski definition) is 2. The van der Waals surface area contributed by atoms with Gasteiger partial charge in [0.2, 0.25) is 0 Å². The normalized spacial score (nSPS) is 15.7. The molecule has 12 heteroatoms. The number of benzene rings is 2. The summed E-state index contributed by atoms with van der Waals surface area (Å²) in [7, 11) is 0. The van der Waals surface area contributed by atoms with E-state index in [0.29, 0.717) is 17.8 Å². The molecule has 1 aliphatic heterocycles. The fourth-order valence-electron chi connectivity index (χ4n) is 3.75. The molecule has 0 saturated carbocycles. The van der Waals surface area contributed by atoms with Gasteiger partial charge in [-0.15, -0.1) is 0 Å². The maximum absolute atomic E-state index is 13.2. The first-order chi connectivity index (χ1) is 17.6. The lowest BCUT2D eigenvalue weighted by Crippen LogP contribution is -2.34. The van der Waals surface area contributed by atoms with Gasteiger partial charge in [-0.2, -0.15) is 13.2 Å². The van der Waals surface area contributed by atoms with Crippen LogP contribution in [0.3, 0.4) is 0 Å². The number of anilines is 2. The maximum Gasteiger partial charge on any atom is 0.446 e. The number of nitrogens with one attached hydrogen (secondary N) is 2. The van der Waals surface area contributed by atoms with Crippen molar-refractivity contribution in [3.05, 3.63) is 84.2 Å². The first kappa shape index (κ1) is 26.0. The predicted molar refractivity (Wildman–Crippen MR) is 133 cm³/mol. The fourth-order valence-corrected chi connectivity index (χ4v) is 4.29. The van der Waals surface area contributed by atoms with E-state index in [2.05, 4.69) is 15.6 Å². The third-order valence-corrected chi connectivity index (χ3v) is 6.35. The van der Waals surface area contributed by atoms with Gasteiger partial charge in [-0.05, 0) is 60.1 Å². The van der Waals surface area contributed by atoms with Gasteiger partial charge in [-0.3, -0.25) is 9.78 Å². The number of alkyl halides is 3. The number of imide groups is 1. The van der Waals surface area contributed by atoms with E-state index in [0.717, 1.165) is 10.5 Å². The molecule has 37 heavy (non-hydrogen) atoms. The summed E-state index contributed by atoms with van der Waals surface area (Å²) in [5, 5.41) is 5.47. The molecule has 1 atom stereocenters. The number of urea groups is 2. The highest BCUT2D eigenvalue weighted by molar-refractivity contribution is 8.00. The molecule has 0 aliphatic carbocycles. The molecule has 192 valence electrons. The Morgan fingerprint density at radius 2 is 1.76 bits per heavy atom. The van der Waals surface area contributed by atoms with Crippen molar-refractivity contribution in [3.63, 3.8) is 0 Å². The van der Waals surface area contributed by atoms with E-state index in [1.807, 2.05) is 30.3 Å². The monoisotopic (exact) mass is 529 g/mol. The summed E-state index contributed by atoms with van der Waals surface area (Å²) in [6.45, 7) is 1.88. The lowest BCUT2D eigenvalue weighted by molar-refractivity contribution is -0.119. The number of rotatable bonds is 7. The van der Waals surface area contributed by atoms with Crippen LogP contribution in [-0.4, -0.2) is 39.4 Å². The van der Waals surface area contributed by atoms with Gasteiger partial charge in [-0.25, -0.2) is 14.5 Å². The molecule has 2 N–H and O–H groups in total. The number of carbonyl (C=O) groups excluding carboxylic acids is 3. The first-order valence-electron chi connectivity index (χ1n) is 11.1. The highest BCUT2D eigenvalue weighted by Gasteiger charge is 2.43. The molecular formula is C25H22F3N5O3S. The molecule has 0 spiro atoms. The van der Waals surface area contributed by atoms with Crippen LogP contribution in [0.15, 0.2) is 78.0 Å². The van der Waals surface area contributed by atoms with E-state index < -0.39 is 29.5 Å². The molecular weight excluding hydrogens is 507 g/mol. The molecule has 2 aromatic carbocycles. The van der Waals surface area contributed by atoms with Crippen molar-refractivity contribution in [2.24, 2.45) is 0 Å². The summed E-state index contributed by atoms with van der Waals surface area (Å²) in [6.07, 6.45) is 2.95. The number of thioether (sulfide) groups is 1. The van der Waals surface area contributed by atoms with Crippen molar-refractivity contribution < 1.29 is 27.6 Å². The number of halogens is 3. The minimum Gasteiger partial charge on any atom is -0.334 e. The summed E-state index contributed by atoms with van der Waals surface area (Å²) < 4.78 is 37.8. The van der Waals surface area contributed by atoms with Crippen LogP contribution in [-0.2, 0) is 17.9 Å². The van der Waals surface area contributed by atoms with Crippen LogP contribution in [0.1, 0.15) is 18.1 Å². The second-order valence-corrected chi connectivity index (χ2v) is 9.27. The van der Waals surface area contributed by atoms with Crippen molar-refractivity contribution in [1.29, 1.82) is 0 Å². The summed E-state index contributed by atoms with van der Waals surface area (Å²) in [6, 6.07) is 14.1. The Hall–Kier alpha value is -4.06. The lowest BCUT2D eigenvalue weighted by Gasteiger charge is -2.21. The number of hydrogen-bond acceptors (Lipinski definition) is 5. The summed E-state index contributed by atoms with van der Waals surface area (Å²) in [5.41, 5.74) is -2.43. The smallest absolute Gasteiger partial charge is 0.334 e. The second kappa shape index (κ2) is 10.9. The zero-order valence-electron chi connectivity index (χ0n) is 19.5. The maximum atomic E-state index is 13.2. The molecule has 0 bridgehead atoms. The zero-order valence-corrected chi connectivity index (χ0v) is 20.3. The second-order valence-electron chi connectivity index (χ2n) is 8.13. The minimum absolute atomic E-state index is 0.00106. The highest BCUT2D eigenvalue weighted by atomic mass is 32.2. The average Bonchev–Trinajstić information content (AvgIpc) is 3.07. The van der Waals surface area contributed by atoms with Gasteiger partial charge in [0.1, 0.15) is 6.04 Å². The van der Waals surface area contributed by atoms with Crippen molar-refractivity contribution in [2.75, 3.05) is 10.2 Å². The number of amides is 5. The number of nitrogens with zero attached hydrogens (tertiary/aromatic N) is 3. The van der Waals surface area contributed by atoms with Crippen molar-refractivity contribution in [3.8, 4) is 0 Å². The van der Waals surface area contributed by atoms with Crippen LogP contribution in [0, 0.1) is 0 Å². The molecule has 1 fully saturated rings. The van der Waals surface area contributed by atoms with Crippen LogP contribution in [0.5, 0.6) is 0 Å². The van der Waals surface area contributed by atoms with Crippen LogP contribution < -0.4 is 15.5 Å². The van der Waals surface area contributed by atoms with Crippen LogP contribution in [0.4, 0.5) is 34.1 Å². The third kappa shape index (κ3) is 6.39. The average molecular weight is 530 g/mol. The first-order valence-corrected chi connectivity index (χ1v) is 12.0. The topological polar surface area (TPSA) is 94.6 Å². The minimum atomic E-state index is -4.44. The predicted octanol–water partition coefficient (Wildman–Crippen LogP) is 5.37. The largest absolute Gasteiger partial charge is 0.446 e. The van der Waals surface area contributed by atoms with Gasteiger partial charge in [0.15, 0.2) is 0 Å². The molecule has 4 rings (SSSR count). The number of pyridine rings is 1. The standard InChI is InChI=1S/C25H22F3N5O3S/c1-16-22(34)33(19-7-9-20(10-8-19)37-25(26,27)28)24(36)32(16)15-18-11-12-29-14-21(18)31-23(35)30-13-17-5-3-2-4-6-17/h2-12,14,16H,13,15H2,1H3,(H2,30,31,35). The molecule has 1 aromatic heterocycles. The quantitative estimate of drug-likeness (QED) is 0.317. The highest BCUT2D eigenvalue weighted by Crippen LogP contribution is 2.38. The van der Waals surface area contributed by atoms with Crippen molar-refractivity contribution in [1.82, 2.24) is 15.2 Å². The van der Waals surface area contributed by atoms with Gasteiger partial charge in [-0.1, -0.05) is 30.3 Å². The van der Waals surface area contributed by atoms with Crippen LogP contribution in [0.25, 0.3) is 0 Å². The molecule has 0 radical (unpaired) electrons. The Bertz CT molecular complexity index is 1290. The third-order valence-electron chi connectivity index (χ3n) is 5.61. The summed E-state index contributed by atoms with van der Waals surface area (Å²) in [4.78, 5) is 44.7. The Kier molecular flexibility index (Phi) is 7.67. The SMILES string of the molecule is CC1C(=O)N(c2ccc(SC(F)(F)F)cc2)C(=O)N1Cc1ccncc1NC(=O)NCc1ccccc1. The van der Waals surface area contributed by atoms with Crippen LogP contribution in [0.2, 0.25) is 0 Å². The summed E-state index contributed by atoms with van der Waals surface area (Å²) in [5.74, 6) is -0.509. The lowest BCUT2D eigenvalue weighted by atomic mass is 10.2. The van der Waals surface area contributed by atoms with Gasteiger partial charge in [0.05, 0.1) is 24.1 Å². The van der Waals surface area contributed by atoms with E-state index in [-0.39, 0.29) is 28.9 Å². The Morgan fingerprint density at radius 1 is 1.05 bits per heavy atom. The van der Waals surface area contributed by atoms with E-state index in [1.165, 1.54) is 41.6 Å².